The van der Waals surface area contributed by atoms with Crippen molar-refractivity contribution < 1.29 is 9.53 Å². The number of β-lactam (4-membered cyclic amide) rings is 1. The number of alkyl halides is 1. The van der Waals surface area contributed by atoms with Crippen LogP contribution in [0.5, 0.6) is 5.75 Å². The normalized spacial score (nSPS) is 18.1. The molecule has 3 aromatic rings. The average Bonchev–Trinajstić information content (AvgIpc) is 2.80. The van der Waals surface area contributed by atoms with E-state index in [1.54, 1.807) is 23.1 Å². The minimum absolute atomic E-state index is 0.0453. The third kappa shape index (κ3) is 4.74. The molecule has 4 rings (SSSR count). The minimum Gasteiger partial charge on any atom is -0.493 e. The molecule has 2 aromatic carbocycles. The summed E-state index contributed by atoms with van der Waals surface area (Å²) in [6, 6.07) is 16.9. The van der Waals surface area contributed by atoms with Crippen molar-refractivity contribution in [2.24, 2.45) is 0 Å². The van der Waals surface area contributed by atoms with Crippen LogP contribution in [-0.4, -0.2) is 22.3 Å². The first kappa shape index (κ1) is 22.1. The first-order chi connectivity index (χ1) is 15.0. The van der Waals surface area contributed by atoms with Crippen LogP contribution in [0.15, 0.2) is 60.8 Å². The van der Waals surface area contributed by atoms with Crippen molar-refractivity contribution in [3.8, 4) is 5.75 Å². The van der Waals surface area contributed by atoms with Crippen LogP contribution in [0.1, 0.15) is 29.8 Å². The number of carbonyl (C=O) groups excluding carboxylic acids is 1. The maximum atomic E-state index is 12.5. The number of rotatable bonds is 7. The quantitative estimate of drug-likeness (QED) is 0.267. The topological polar surface area (TPSA) is 42.4 Å². The van der Waals surface area contributed by atoms with Crippen LogP contribution in [0.3, 0.4) is 0 Å². The fourth-order valence-electron chi connectivity index (χ4n) is 3.56. The van der Waals surface area contributed by atoms with Gasteiger partial charge in [-0.05, 0) is 53.9 Å². The molecule has 1 saturated heterocycles. The third-order valence-electron chi connectivity index (χ3n) is 5.34. The van der Waals surface area contributed by atoms with Crippen molar-refractivity contribution >= 4 is 50.7 Å². The van der Waals surface area contributed by atoms with Gasteiger partial charge >= 0.3 is 0 Å². The van der Waals surface area contributed by atoms with Gasteiger partial charge in [-0.15, -0.1) is 0 Å². The third-order valence-corrected chi connectivity index (χ3v) is 6.79. The van der Waals surface area contributed by atoms with Crippen molar-refractivity contribution in [1.29, 1.82) is 0 Å². The van der Waals surface area contributed by atoms with Crippen molar-refractivity contribution in [3.63, 3.8) is 0 Å². The molecule has 0 saturated carbocycles. The Morgan fingerprint density at radius 3 is 2.55 bits per heavy atom. The molecule has 2 heterocycles. The fraction of sp³-hybridized carbons (Fsp3) is 0.250. The summed E-state index contributed by atoms with van der Waals surface area (Å²) in [6.45, 7) is 2.66. The lowest BCUT2D eigenvalue weighted by atomic mass is 9.92. The van der Waals surface area contributed by atoms with Crippen LogP contribution in [0.4, 0.5) is 5.69 Å². The summed E-state index contributed by atoms with van der Waals surface area (Å²) >= 11 is 15.9. The molecular weight excluding hydrogens is 499 g/mol. The number of nitrogens with zero attached hydrogens (tertiary/aromatic N) is 2. The highest BCUT2D eigenvalue weighted by Gasteiger charge is 2.48. The Morgan fingerprint density at radius 1 is 1.10 bits per heavy atom. The smallest absolute Gasteiger partial charge is 0.243 e. The van der Waals surface area contributed by atoms with E-state index in [0.717, 1.165) is 29.8 Å². The molecule has 0 N–H and O–H groups in total. The molecule has 2 atom stereocenters. The predicted octanol–water partition coefficient (Wildman–Crippen LogP) is 6.42. The summed E-state index contributed by atoms with van der Waals surface area (Å²) in [5.41, 5.74) is 3.84. The number of hydrogen-bond donors (Lipinski definition) is 0. The first-order valence-electron chi connectivity index (χ1n) is 10.1. The Morgan fingerprint density at radius 2 is 1.87 bits per heavy atom. The van der Waals surface area contributed by atoms with Crippen LogP contribution in [0.2, 0.25) is 10.0 Å². The highest BCUT2D eigenvalue weighted by Crippen LogP contribution is 2.46. The zero-order valence-corrected chi connectivity index (χ0v) is 20.0. The van der Waals surface area contributed by atoms with E-state index < -0.39 is 0 Å². The molecular formula is C24H21BrCl2N2O2. The van der Waals surface area contributed by atoms with Crippen molar-refractivity contribution in [1.82, 2.24) is 4.98 Å². The SMILES string of the molecule is CCc1ccc(CCOc2ccc(C3C(Br)C(=O)N3c3cc(Cl)ccc3Cl)cc2)nc1. The Balaban J connectivity index is 1.42. The molecule has 1 aliphatic heterocycles. The Hall–Kier alpha value is -2.08. The molecule has 1 amide bonds. The molecule has 0 radical (unpaired) electrons. The van der Waals surface area contributed by atoms with Crippen molar-refractivity contribution in [2.45, 2.75) is 30.6 Å². The second-order valence-corrected chi connectivity index (χ2v) is 9.16. The number of ether oxygens (including phenoxy) is 1. The van der Waals surface area contributed by atoms with Gasteiger partial charge in [0.15, 0.2) is 0 Å². The van der Waals surface area contributed by atoms with Crippen molar-refractivity contribution in [3.05, 3.63) is 87.7 Å². The van der Waals surface area contributed by atoms with Gasteiger partial charge < -0.3 is 9.64 Å². The summed E-state index contributed by atoms with van der Waals surface area (Å²) in [4.78, 5) is 18.4. The number of hydrogen-bond acceptors (Lipinski definition) is 3. The molecule has 31 heavy (non-hydrogen) atoms. The summed E-state index contributed by atoms with van der Waals surface area (Å²) < 4.78 is 5.88. The number of anilines is 1. The van der Waals surface area contributed by atoms with Gasteiger partial charge in [-0.1, -0.05) is 64.3 Å². The van der Waals surface area contributed by atoms with Crippen LogP contribution in [0.25, 0.3) is 0 Å². The van der Waals surface area contributed by atoms with Crippen LogP contribution in [-0.2, 0) is 17.6 Å². The number of aryl methyl sites for hydroxylation is 1. The van der Waals surface area contributed by atoms with Gasteiger partial charge in [-0.3, -0.25) is 9.78 Å². The molecule has 2 unspecified atom stereocenters. The van der Waals surface area contributed by atoms with Gasteiger partial charge in [0.1, 0.15) is 10.6 Å². The van der Waals surface area contributed by atoms with Crippen molar-refractivity contribution in [2.75, 3.05) is 11.5 Å². The first-order valence-corrected chi connectivity index (χ1v) is 11.7. The lowest BCUT2D eigenvalue weighted by Gasteiger charge is -2.45. The van der Waals surface area contributed by atoms with Gasteiger partial charge in [-0.25, -0.2) is 0 Å². The van der Waals surface area contributed by atoms with E-state index in [1.807, 2.05) is 36.5 Å². The number of halogens is 3. The summed E-state index contributed by atoms with van der Waals surface area (Å²) in [6.07, 6.45) is 3.64. The standard InChI is InChI=1S/C24H21BrCl2N2O2/c1-2-15-3-7-18(28-14-15)11-12-31-19-8-4-16(5-9-19)23-22(25)24(30)29(23)21-13-17(26)6-10-20(21)27/h3-10,13-14,22-23H,2,11-12H2,1H3. The van der Waals surface area contributed by atoms with Crippen LogP contribution >= 0.6 is 39.1 Å². The largest absolute Gasteiger partial charge is 0.493 e. The van der Waals surface area contributed by atoms with Crippen LogP contribution < -0.4 is 9.64 Å². The monoisotopic (exact) mass is 518 g/mol. The van der Waals surface area contributed by atoms with Gasteiger partial charge in [0.25, 0.3) is 0 Å². The lowest BCUT2D eigenvalue weighted by molar-refractivity contribution is -0.123. The number of pyridine rings is 1. The van der Waals surface area contributed by atoms with E-state index in [1.165, 1.54) is 5.56 Å². The zero-order valence-electron chi connectivity index (χ0n) is 16.9. The number of amides is 1. The van der Waals surface area contributed by atoms with Crippen LogP contribution in [0, 0.1) is 0 Å². The molecule has 160 valence electrons. The maximum Gasteiger partial charge on any atom is 0.243 e. The molecule has 1 aliphatic rings. The molecule has 0 aliphatic carbocycles. The second kappa shape index (κ2) is 9.60. The molecule has 4 nitrogen and oxygen atoms in total. The molecule has 7 heteroatoms. The molecule has 0 spiro atoms. The Kier molecular flexibility index (Phi) is 6.85. The van der Waals surface area contributed by atoms with E-state index >= 15 is 0 Å². The highest BCUT2D eigenvalue weighted by atomic mass is 79.9. The summed E-state index contributed by atoms with van der Waals surface area (Å²) in [7, 11) is 0. The molecule has 1 fully saturated rings. The number of benzene rings is 2. The van der Waals surface area contributed by atoms with E-state index in [2.05, 4.69) is 33.9 Å². The lowest BCUT2D eigenvalue weighted by Crippen LogP contribution is -2.56. The summed E-state index contributed by atoms with van der Waals surface area (Å²) in [5.74, 6) is 0.731. The molecule has 1 aromatic heterocycles. The van der Waals surface area contributed by atoms with Gasteiger partial charge in [0, 0.05) is 23.3 Å². The van der Waals surface area contributed by atoms with Gasteiger partial charge in [-0.2, -0.15) is 0 Å². The molecule has 0 bridgehead atoms. The van der Waals surface area contributed by atoms with E-state index in [0.29, 0.717) is 22.3 Å². The predicted molar refractivity (Wildman–Crippen MR) is 129 cm³/mol. The van der Waals surface area contributed by atoms with Gasteiger partial charge in [0.05, 0.1) is 23.4 Å². The maximum absolute atomic E-state index is 12.5. The van der Waals surface area contributed by atoms with E-state index in [-0.39, 0.29) is 16.8 Å². The summed E-state index contributed by atoms with van der Waals surface area (Å²) in [5, 5.41) is 1.02. The van der Waals surface area contributed by atoms with Gasteiger partial charge in [0.2, 0.25) is 5.91 Å². The van der Waals surface area contributed by atoms with E-state index in [9.17, 15) is 4.79 Å². The number of aromatic nitrogens is 1. The van der Waals surface area contributed by atoms with E-state index in [4.69, 9.17) is 27.9 Å². The zero-order chi connectivity index (χ0) is 22.0. The minimum atomic E-state index is -0.313. The highest BCUT2D eigenvalue weighted by molar-refractivity contribution is 9.10. The average molecular weight is 520 g/mol. The fourth-order valence-corrected chi connectivity index (χ4v) is 4.69. The Labute approximate surface area is 200 Å². The Bertz CT molecular complexity index is 1070. The second-order valence-electron chi connectivity index (χ2n) is 7.33. The number of carbonyl (C=O) groups is 1.